The van der Waals surface area contributed by atoms with Crippen molar-refractivity contribution >= 4 is 29.2 Å². The van der Waals surface area contributed by atoms with E-state index in [-0.39, 0.29) is 17.2 Å². The molecule has 0 saturated heterocycles. The molecule has 0 fully saturated rings. The van der Waals surface area contributed by atoms with Crippen molar-refractivity contribution in [2.75, 3.05) is 10.6 Å². The van der Waals surface area contributed by atoms with Crippen LogP contribution in [0.3, 0.4) is 0 Å². The lowest BCUT2D eigenvalue weighted by molar-refractivity contribution is -0.137. The fourth-order valence-corrected chi connectivity index (χ4v) is 2.19. The molecule has 0 aliphatic carbocycles. The van der Waals surface area contributed by atoms with Crippen LogP contribution >= 0.6 is 0 Å². The van der Waals surface area contributed by atoms with E-state index in [9.17, 15) is 27.6 Å². The van der Waals surface area contributed by atoms with Crippen LogP contribution < -0.4 is 10.6 Å². The lowest BCUT2D eigenvalue weighted by atomic mass is 10.2. The zero-order valence-corrected chi connectivity index (χ0v) is 15.0. The van der Waals surface area contributed by atoms with Gasteiger partial charge in [0.2, 0.25) is 5.91 Å². The lowest BCUT2D eigenvalue weighted by Crippen LogP contribution is -2.30. The number of carbonyl (C=O) groups is 3. The molecular weight excluding hydrogens is 377 g/mol. The number of ether oxygens (including phenoxy) is 1. The van der Waals surface area contributed by atoms with Gasteiger partial charge in [0.15, 0.2) is 6.10 Å². The number of nitrogens with one attached hydrogen (secondary N) is 2. The third-order valence-corrected chi connectivity index (χ3v) is 3.55. The molecule has 9 heteroatoms. The van der Waals surface area contributed by atoms with Crippen molar-refractivity contribution in [2.45, 2.75) is 26.1 Å². The van der Waals surface area contributed by atoms with Crippen LogP contribution in [-0.4, -0.2) is 23.9 Å². The Hall–Kier alpha value is -3.36. The Labute approximate surface area is 158 Å². The Morgan fingerprint density at radius 3 is 2.18 bits per heavy atom. The van der Waals surface area contributed by atoms with E-state index in [0.29, 0.717) is 5.69 Å². The highest BCUT2D eigenvalue weighted by molar-refractivity contribution is 5.97. The van der Waals surface area contributed by atoms with Crippen LogP contribution in [0.1, 0.15) is 29.8 Å². The summed E-state index contributed by atoms with van der Waals surface area (Å²) in [6.07, 6.45) is -5.78. The molecule has 148 valence electrons. The van der Waals surface area contributed by atoms with Crippen LogP contribution in [0.5, 0.6) is 0 Å². The maximum atomic E-state index is 12.7. The third-order valence-electron chi connectivity index (χ3n) is 3.55. The van der Waals surface area contributed by atoms with Gasteiger partial charge in [-0.2, -0.15) is 13.2 Å². The summed E-state index contributed by atoms with van der Waals surface area (Å²) in [5, 5.41) is 4.82. The van der Waals surface area contributed by atoms with Gasteiger partial charge in [-0.15, -0.1) is 0 Å². The molecule has 0 heterocycles. The highest BCUT2D eigenvalue weighted by Crippen LogP contribution is 2.30. The van der Waals surface area contributed by atoms with Gasteiger partial charge in [0.05, 0.1) is 11.1 Å². The monoisotopic (exact) mass is 394 g/mol. The van der Waals surface area contributed by atoms with Gasteiger partial charge >= 0.3 is 12.1 Å². The van der Waals surface area contributed by atoms with Crippen molar-refractivity contribution in [1.29, 1.82) is 0 Å². The van der Waals surface area contributed by atoms with Crippen molar-refractivity contribution < 1.29 is 32.3 Å². The van der Waals surface area contributed by atoms with Gasteiger partial charge in [0, 0.05) is 18.3 Å². The first kappa shape index (κ1) is 20.9. The fourth-order valence-electron chi connectivity index (χ4n) is 2.19. The van der Waals surface area contributed by atoms with Gasteiger partial charge in [-0.1, -0.05) is 6.07 Å². The number of hydrogen-bond acceptors (Lipinski definition) is 4. The predicted octanol–water partition coefficient (Wildman–Crippen LogP) is 3.85. The quantitative estimate of drug-likeness (QED) is 0.755. The van der Waals surface area contributed by atoms with Gasteiger partial charge in [-0.3, -0.25) is 9.59 Å². The highest BCUT2D eigenvalue weighted by Gasteiger charge is 2.30. The summed E-state index contributed by atoms with van der Waals surface area (Å²) in [7, 11) is 0. The molecule has 0 aliphatic rings. The highest BCUT2D eigenvalue weighted by atomic mass is 19.4. The molecule has 2 amide bonds. The van der Waals surface area contributed by atoms with Crippen LogP contribution in [0.15, 0.2) is 48.5 Å². The summed E-state index contributed by atoms with van der Waals surface area (Å²) < 4.78 is 43.2. The molecule has 2 aromatic rings. The maximum Gasteiger partial charge on any atom is 0.416 e. The Morgan fingerprint density at radius 2 is 1.61 bits per heavy atom. The van der Waals surface area contributed by atoms with Gasteiger partial charge < -0.3 is 15.4 Å². The largest absolute Gasteiger partial charge is 0.449 e. The minimum atomic E-state index is -4.54. The van der Waals surface area contributed by atoms with Crippen molar-refractivity contribution in [3.8, 4) is 0 Å². The van der Waals surface area contributed by atoms with Gasteiger partial charge in [-0.25, -0.2) is 4.79 Å². The number of benzene rings is 2. The summed E-state index contributed by atoms with van der Waals surface area (Å²) in [6.45, 7) is 2.64. The van der Waals surface area contributed by atoms with Crippen molar-refractivity contribution in [3.05, 3.63) is 59.7 Å². The molecule has 1 atom stereocenters. The molecule has 6 nitrogen and oxygen atoms in total. The second-order valence-electron chi connectivity index (χ2n) is 5.87. The molecule has 0 radical (unpaired) electrons. The molecule has 0 bridgehead atoms. The summed E-state index contributed by atoms with van der Waals surface area (Å²) in [5.41, 5.74) is -0.344. The zero-order valence-electron chi connectivity index (χ0n) is 15.0. The second kappa shape index (κ2) is 8.55. The first-order valence-corrected chi connectivity index (χ1v) is 8.13. The van der Waals surface area contributed by atoms with E-state index in [1.165, 1.54) is 44.2 Å². The SMILES string of the molecule is CC(=O)Nc1ccc(C(=O)O[C@H](C)C(=O)Nc2cccc(C(F)(F)F)c2)cc1. The van der Waals surface area contributed by atoms with E-state index in [4.69, 9.17) is 4.74 Å². The first-order valence-electron chi connectivity index (χ1n) is 8.13. The van der Waals surface area contributed by atoms with Crippen molar-refractivity contribution in [1.82, 2.24) is 0 Å². The van der Waals surface area contributed by atoms with Crippen LogP contribution in [0.25, 0.3) is 0 Å². The smallest absolute Gasteiger partial charge is 0.416 e. The summed E-state index contributed by atoms with van der Waals surface area (Å²) in [4.78, 5) is 35.2. The van der Waals surface area contributed by atoms with Crippen LogP contribution in [0.2, 0.25) is 0 Å². The van der Waals surface area contributed by atoms with Crippen molar-refractivity contribution in [3.63, 3.8) is 0 Å². The van der Waals surface area contributed by atoms with E-state index in [1.807, 2.05) is 0 Å². The Kier molecular flexibility index (Phi) is 6.40. The number of rotatable bonds is 5. The van der Waals surface area contributed by atoms with Crippen molar-refractivity contribution in [2.24, 2.45) is 0 Å². The average Bonchev–Trinajstić information content (AvgIpc) is 2.61. The van der Waals surface area contributed by atoms with E-state index in [0.717, 1.165) is 18.2 Å². The van der Waals surface area contributed by atoms with E-state index < -0.39 is 29.7 Å². The second-order valence-corrected chi connectivity index (χ2v) is 5.87. The molecular formula is C19H17F3N2O4. The third kappa shape index (κ3) is 5.83. The summed E-state index contributed by atoms with van der Waals surface area (Å²) >= 11 is 0. The molecule has 0 saturated carbocycles. The lowest BCUT2D eigenvalue weighted by Gasteiger charge is -2.15. The molecule has 2 aromatic carbocycles. The summed E-state index contributed by atoms with van der Waals surface area (Å²) in [6, 6.07) is 9.91. The molecule has 0 aliphatic heterocycles. The number of hydrogen-bond donors (Lipinski definition) is 2. The van der Waals surface area contributed by atoms with Gasteiger partial charge in [0.1, 0.15) is 0 Å². The topological polar surface area (TPSA) is 84.5 Å². The predicted molar refractivity (Wildman–Crippen MR) is 95.7 cm³/mol. The number of alkyl halides is 3. The first-order chi connectivity index (χ1) is 13.1. The molecule has 2 N–H and O–H groups in total. The standard InChI is InChI=1S/C19H17F3N2O4/c1-11(17(26)24-16-5-3-4-14(10-16)19(20,21)22)28-18(27)13-6-8-15(9-7-13)23-12(2)25/h3-11H,1-2H3,(H,23,25)(H,24,26)/t11-/m1/s1. The molecule has 28 heavy (non-hydrogen) atoms. The number of carbonyl (C=O) groups excluding carboxylic acids is 3. The van der Waals surface area contributed by atoms with Gasteiger partial charge in [-0.05, 0) is 49.4 Å². The van der Waals surface area contributed by atoms with E-state index in [2.05, 4.69) is 10.6 Å². The molecule has 0 aromatic heterocycles. The summed E-state index contributed by atoms with van der Waals surface area (Å²) in [5.74, 6) is -1.83. The molecule has 0 spiro atoms. The number of amides is 2. The van der Waals surface area contributed by atoms with E-state index in [1.54, 1.807) is 0 Å². The minimum absolute atomic E-state index is 0.0672. The zero-order chi connectivity index (χ0) is 20.9. The maximum absolute atomic E-state index is 12.7. The fraction of sp³-hybridized carbons (Fsp3) is 0.211. The number of esters is 1. The number of anilines is 2. The Morgan fingerprint density at radius 1 is 0.964 bits per heavy atom. The normalized spacial score (nSPS) is 12.0. The van der Waals surface area contributed by atoms with Crippen LogP contribution in [-0.2, 0) is 20.5 Å². The van der Waals surface area contributed by atoms with E-state index >= 15 is 0 Å². The van der Waals surface area contributed by atoms with Crippen LogP contribution in [0, 0.1) is 0 Å². The Balaban J connectivity index is 1.98. The van der Waals surface area contributed by atoms with Crippen LogP contribution in [0.4, 0.5) is 24.5 Å². The average molecular weight is 394 g/mol. The minimum Gasteiger partial charge on any atom is -0.449 e. The Bertz CT molecular complexity index is 879. The van der Waals surface area contributed by atoms with Gasteiger partial charge in [0.25, 0.3) is 5.91 Å². The number of halogens is 3. The molecule has 0 unspecified atom stereocenters. The molecule has 2 rings (SSSR count).